The summed E-state index contributed by atoms with van der Waals surface area (Å²) < 4.78 is 0. The van der Waals surface area contributed by atoms with Crippen LogP contribution in [0.15, 0.2) is 48.5 Å². The van der Waals surface area contributed by atoms with Crippen molar-refractivity contribution in [2.75, 3.05) is 5.32 Å². The number of hydrogen-bond acceptors (Lipinski definition) is 5. The van der Waals surface area contributed by atoms with Crippen molar-refractivity contribution < 1.29 is 19.6 Å². The highest BCUT2D eigenvalue weighted by atomic mass is 16.6. The first-order valence-electron chi connectivity index (χ1n) is 7.55. The highest BCUT2D eigenvalue weighted by molar-refractivity contribution is 6.05. The minimum atomic E-state index is -1.12. The van der Waals surface area contributed by atoms with Crippen molar-refractivity contribution in [1.82, 2.24) is 4.98 Å². The summed E-state index contributed by atoms with van der Waals surface area (Å²) in [6.45, 7) is 1.37. The zero-order chi connectivity index (χ0) is 18.8. The van der Waals surface area contributed by atoms with E-state index in [4.69, 9.17) is 0 Å². The van der Waals surface area contributed by atoms with Gasteiger partial charge in [-0.3, -0.25) is 14.9 Å². The van der Waals surface area contributed by atoms with Crippen molar-refractivity contribution in [1.29, 1.82) is 0 Å². The molecule has 0 fully saturated rings. The van der Waals surface area contributed by atoms with Crippen LogP contribution < -0.4 is 5.32 Å². The number of nitro groups is 1. The number of carbonyl (C=O) groups is 2. The van der Waals surface area contributed by atoms with Crippen molar-refractivity contribution in [3.8, 4) is 11.3 Å². The molecule has 0 atom stereocenters. The first-order valence-corrected chi connectivity index (χ1v) is 7.55. The Morgan fingerprint density at radius 1 is 1.12 bits per heavy atom. The fourth-order valence-corrected chi connectivity index (χ4v) is 2.59. The van der Waals surface area contributed by atoms with Crippen molar-refractivity contribution in [2.45, 2.75) is 6.92 Å². The molecule has 0 aliphatic heterocycles. The molecule has 8 heteroatoms. The summed E-state index contributed by atoms with van der Waals surface area (Å²) in [5.74, 6) is -1.37. The molecule has 1 aromatic heterocycles. The van der Waals surface area contributed by atoms with Crippen LogP contribution in [0.25, 0.3) is 22.2 Å². The fraction of sp³-hybridized carbons (Fsp3) is 0.0556. The van der Waals surface area contributed by atoms with Gasteiger partial charge in [-0.15, -0.1) is 0 Å². The number of nitrogens with zero attached hydrogens (tertiary/aromatic N) is 2. The topological polar surface area (TPSA) is 122 Å². The number of carboxylic acid groups (broad SMARTS) is 1. The Morgan fingerprint density at radius 2 is 1.81 bits per heavy atom. The van der Waals surface area contributed by atoms with Crippen LogP contribution in [0.5, 0.6) is 0 Å². The molecule has 0 spiro atoms. The van der Waals surface area contributed by atoms with Gasteiger partial charge in [-0.1, -0.05) is 0 Å². The van der Waals surface area contributed by atoms with Gasteiger partial charge in [0.15, 0.2) is 0 Å². The highest BCUT2D eigenvalue weighted by Crippen LogP contribution is 2.28. The Balaban J connectivity index is 2.17. The smallest absolute Gasteiger partial charge is 0.336 e. The summed E-state index contributed by atoms with van der Waals surface area (Å²) in [4.78, 5) is 37.5. The molecule has 0 unspecified atom stereocenters. The molecular formula is C18H13N3O5. The normalized spacial score (nSPS) is 10.5. The highest BCUT2D eigenvalue weighted by Gasteiger charge is 2.14. The van der Waals surface area contributed by atoms with Crippen LogP contribution in [-0.2, 0) is 4.79 Å². The third-order valence-corrected chi connectivity index (χ3v) is 3.73. The van der Waals surface area contributed by atoms with Gasteiger partial charge >= 0.3 is 5.97 Å². The molecule has 130 valence electrons. The Hall–Kier alpha value is -3.81. The van der Waals surface area contributed by atoms with Gasteiger partial charge in [0, 0.05) is 35.7 Å². The van der Waals surface area contributed by atoms with Gasteiger partial charge in [-0.25, -0.2) is 9.78 Å². The molecular weight excluding hydrogens is 338 g/mol. The number of rotatable bonds is 4. The maximum Gasteiger partial charge on any atom is 0.336 e. The number of nitrogens with one attached hydrogen (secondary N) is 1. The van der Waals surface area contributed by atoms with E-state index in [9.17, 15) is 24.8 Å². The molecule has 2 N–H and O–H groups in total. The van der Waals surface area contributed by atoms with E-state index in [0.29, 0.717) is 27.8 Å². The first kappa shape index (κ1) is 17.0. The summed E-state index contributed by atoms with van der Waals surface area (Å²) in [5.41, 5.74) is 1.78. The molecule has 2 aromatic carbocycles. The number of nitro benzene ring substituents is 1. The number of non-ortho nitro benzene ring substituents is 1. The largest absolute Gasteiger partial charge is 0.478 e. The van der Waals surface area contributed by atoms with Crippen molar-refractivity contribution >= 4 is 34.2 Å². The number of pyridine rings is 1. The van der Waals surface area contributed by atoms with Crippen LogP contribution in [0.4, 0.5) is 11.4 Å². The Labute approximate surface area is 147 Å². The predicted octanol–water partition coefficient (Wildman–Crippen LogP) is 3.47. The van der Waals surface area contributed by atoms with Gasteiger partial charge in [0.05, 0.1) is 21.7 Å². The second-order valence-corrected chi connectivity index (χ2v) is 5.58. The lowest BCUT2D eigenvalue weighted by Crippen LogP contribution is -2.06. The molecule has 0 saturated heterocycles. The van der Waals surface area contributed by atoms with E-state index in [1.54, 1.807) is 18.2 Å². The first-order chi connectivity index (χ1) is 12.3. The van der Waals surface area contributed by atoms with Crippen LogP contribution in [-0.4, -0.2) is 26.9 Å². The molecule has 0 aliphatic carbocycles. The summed E-state index contributed by atoms with van der Waals surface area (Å²) >= 11 is 0. The van der Waals surface area contributed by atoms with Crippen LogP contribution >= 0.6 is 0 Å². The summed E-state index contributed by atoms with van der Waals surface area (Å²) in [6, 6.07) is 11.9. The van der Waals surface area contributed by atoms with Gasteiger partial charge in [0.2, 0.25) is 5.91 Å². The molecule has 3 rings (SSSR count). The number of aromatic carboxylic acids is 1. The molecule has 26 heavy (non-hydrogen) atoms. The number of amides is 1. The molecule has 3 aromatic rings. The van der Waals surface area contributed by atoms with Crippen molar-refractivity contribution in [3.63, 3.8) is 0 Å². The van der Waals surface area contributed by atoms with Crippen LogP contribution in [0.1, 0.15) is 17.3 Å². The minimum absolute atomic E-state index is 0.0535. The van der Waals surface area contributed by atoms with Gasteiger partial charge in [-0.2, -0.15) is 0 Å². The van der Waals surface area contributed by atoms with E-state index in [-0.39, 0.29) is 17.2 Å². The van der Waals surface area contributed by atoms with Crippen molar-refractivity contribution in [2.24, 2.45) is 0 Å². The Bertz CT molecular complexity index is 1040. The summed E-state index contributed by atoms with van der Waals surface area (Å²) in [6.07, 6.45) is 0. The Kier molecular flexibility index (Phi) is 4.32. The third kappa shape index (κ3) is 3.34. The maximum atomic E-state index is 11.6. The van der Waals surface area contributed by atoms with E-state index in [2.05, 4.69) is 10.3 Å². The number of fused-ring (bicyclic) bond motifs is 1. The van der Waals surface area contributed by atoms with E-state index in [0.717, 1.165) is 0 Å². The standard InChI is InChI=1S/C18H13N3O5/c1-10(22)19-12-4-7-14-15(18(23)24)9-16(20-17(14)8-12)11-2-5-13(6-3-11)21(25)26/h2-9H,1H3,(H,19,22)(H,23,24). The lowest BCUT2D eigenvalue weighted by atomic mass is 10.0. The van der Waals surface area contributed by atoms with Crippen LogP contribution in [0, 0.1) is 10.1 Å². The van der Waals surface area contributed by atoms with E-state index >= 15 is 0 Å². The molecule has 0 aliphatic rings. The monoisotopic (exact) mass is 351 g/mol. The molecule has 0 bridgehead atoms. The summed E-state index contributed by atoms with van der Waals surface area (Å²) in [5, 5.41) is 23.3. The maximum absolute atomic E-state index is 11.6. The van der Waals surface area contributed by atoms with Gasteiger partial charge in [0.1, 0.15) is 0 Å². The molecule has 8 nitrogen and oxygen atoms in total. The average molecular weight is 351 g/mol. The lowest BCUT2D eigenvalue weighted by molar-refractivity contribution is -0.384. The number of carboxylic acids is 1. The summed E-state index contributed by atoms with van der Waals surface area (Å²) in [7, 11) is 0. The fourth-order valence-electron chi connectivity index (χ4n) is 2.59. The lowest BCUT2D eigenvalue weighted by Gasteiger charge is -2.09. The second kappa shape index (κ2) is 6.60. The number of benzene rings is 2. The number of hydrogen-bond donors (Lipinski definition) is 2. The van der Waals surface area contributed by atoms with Gasteiger partial charge in [0.25, 0.3) is 5.69 Å². The van der Waals surface area contributed by atoms with Crippen LogP contribution in [0.3, 0.4) is 0 Å². The average Bonchev–Trinajstić information content (AvgIpc) is 2.60. The number of aromatic nitrogens is 1. The minimum Gasteiger partial charge on any atom is -0.478 e. The quantitative estimate of drug-likeness (QED) is 0.548. The molecule has 1 amide bonds. The number of carbonyl (C=O) groups excluding carboxylic acids is 1. The van der Waals surface area contributed by atoms with E-state index < -0.39 is 10.9 Å². The predicted molar refractivity (Wildman–Crippen MR) is 95.1 cm³/mol. The molecule has 1 heterocycles. The van der Waals surface area contributed by atoms with Gasteiger partial charge in [-0.05, 0) is 36.4 Å². The molecule has 0 radical (unpaired) electrons. The third-order valence-electron chi connectivity index (χ3n) is 3.73. The van der Waals surface area contributed by atoms with E-state index in [1.165, 1.54) is 37.3 Å². The van der Waals surface area contributed by atoms with Crippen molar-refractivity contribution in [3.05, 3.63) is 64.2 Å². The number of anilines is 1. The van der Waals surface area contributed by atoms with Crippen LogP contribution in [0.2, 0.25) is 0 Å². The Morgan fingerprint density at radius 3 is 2.38 bits per heavy atom. The molecule has 0 saturated carbocycles. The van der Waals surface area contributed by atoms with E-state index in [1.807, 2.05) is 0 Å². The SMILES string of the molecule is CC(=O)Nc1ccc2c(C(=O)O)cc(-c3ccc([N+](=O)[O-])cc3)nc2c1. The zero-order valence-electron chi connectivity index (χ0n) is 13.6. The van der Waals surface area contributed by atoms with Gasteiger partial charge < -0.3 is 10.4 Å². The zero-order valence-corrected chi connectivity index (χ0v) is 13.6. The second-order valence-electron chi connectivity index (χ2n) is 5.58.